The van der Waals surface area contributed by atoms with Crippen LogP contribution in [0.4, 0.5) is 11.4 Å². The van der Waals surface area contributed by atoms with Gasteiger partial charge in [-0.3, -0.25) is 14.4 Å². The number of carbonyl (C=O) groups is 3. The zero-order valence-corrected chi connectivity index (χ0v) is 25.8. The van der Waals surface area contributed by atoms with Gasteiger partial charge in [0.05, 0.1) is 42.9 Å². The standard InChI is InChI=1S/C34H37N3O6S/c1-4-43-25-16-12-22(13-17-25)35-31(39)28-27-18-20(2)34(44-27)29(28)33(41)37(26(19-38)21-8-6-5-7-9-21)30(34)32(40)36-23-10-14-24(42-3)15-11-23/h5-17,20,26-30,38H,4,18-19H2,1-3H3,(H,35,39)(H,36,40)/t20?,26-,27-,28+,29+,30?,34?/m1/s1. The van der Waals surface area contributed by atoms with E-state index in [9.17, 15) is 19.5 Å². The van der Waals surface area contributed by atoms with Crippen molar-refractivity contribution >= 4 is 40.9 Å². The summed E-state index contributed by atoms with van der Waals surface area (Å²) >= 11 is 1.59. The molecule has 9 nitrogen and oxygen atoms in total. The van der Waals surface area contributed by atoms with Crippen LogP contribution in [0.5, 0.6) is 11.5 Å². The molecule has 6 rings (SSSR count). The number of ether oxygens (including phenoxy) is 2. The molecule has 2 bridgehead atoms. The zero-order valence-electron chi connectivity index (χ0n) is 24.9. The van der Waals surface area contributed by atoms with Gasteiger partial charge in [0.15, 0.2) is 0 Å². The van der Waals surface area contributed by atoms with Gasteiger partial charge in [0.25, 0.3) is 0 Å². The molecule has 44 heavy (non-hydrogen) atoms. The van der Waals surface area contributed by atoms with Gasteiger partial charge in [-0.1, -0.05) is 37.3 Å². The van der Waals surface area contributed by atoms with Crippen molar-refractivity contribution in [3.8, 4) is 11.5 Å². The first kappa shape index (κ1) is 30.0. The SMILES string of the molecule is CCOc1ccc(NC(=O)[C@@H]2[C@H]3C(=O)N([C@H](CO)c4ccccc4)C(C(=O)Nc4ccc(OC)cc4)C34S[C@@H]2CC4C)cc1. The number of hydrogen-bond acceptors (Lipinski definition) is 7. The number of methoxy groups -OCH3 is 1. The monoisotopic (exact) mass is 615 g/mol. The Labute approximate surface area is 261 Å². The normalized spacial score (nSPS) is 27.5. The first-order chi connectivity index (χ1) is 21.3. The highest BCUT2D eigenvalue weighted by molar-refractivity contribution is 8.02. The number of thioether (sulfide) groups is 1. The van der Waals surface area contributed by atoms with Crippen molar-refractivity contribution in [1.29, 1.82) is 0 Å². The number of anilines is 2. The van der Waals surface area contributed by atoms with Crippen molar-refractivity contribution in [2.45, 2.75) is 42.3 Å². The molecule has 3 unspecified atom stereocenters. The quantitative estimate of drug-likeness (QED) is 0.302. The maximum absolute atomic E-state index is 14.6. The molecule has 3 aromatic rings. The number of carbonyl (C=O) groups excluding carboxylic acids is 3. The van der Waals surface area contributed by atoms with E-state index in [1.165, 1.54) is 0 Å². The number of benzene rings is 3. The summed E-state index contributed by atoms with van der Waals surface area (Å²) in [6.07, 6.45) is 0.699. The Morgan fingerprint density at radius 1 is 0.977 bits per heavy atom. The second-order valence-corrected chi connectivity index (χ2v) is 13.1. The van der Waals surface area contributed by atoms with E-state index in [0.717, 1.165) is 5.56 Å². The maximum Gasteiger partial charge on any atom is 0.248 e. The lowest BCUT2D eigenvalue weighted by Crippen LogP contribution is -2.55. The molecule has 7 atom stereocenters. The molecule has 230 valence electrons. The van der Waals surface area contributed by atoms with E-state index in [4.69, 9.17) is 9.47 Å². The van der Waals surface area contributed by atoms with E-state index >= 15 is 0 Å². The van der Waals surface area contributed by atoms with Crippen molar-refractivity contribution in [3.05, 3.63) is 84.4 Å². The molecule has 3 saturated heterocycles. The van der Waals surface area contributed by atoms with E-state index in [0.29, 0.717) is 35.9 Å². The summed E-state index contributed by atoms with van der Waals surface area (Å²) in [6, 6.07) is 21.8. The molecule has 3 aliphatic rings. The molecule has 3 fully saturated rings. The Bertz CT molecular complexity index is 1520. The third-order valence-corrected chi connectivity index (χ3v) is 11.3. The first-order valence-corrected chi connectivity index (χ1v) is 15.8. The van der Waals surface area contributed by atoms with E-state index in [1.54, 1.807) is 72.3 Å². The van der Waals surface area contributed by atoms with Crippen LogP contribution >= 0.6 is 11.8 Å². The Balaban J connectivity index is 1.37. The molecule has 3 N–H and O–H groups in total. The Morgan fingerprint density at radius 2 is 1.59 bits per heavy atom. The number of rotatable bonds is 10. The minimum Gasteiger partial charge on any atom is -0.497 e. The van der Waals surface area contributed by atoms with Gasteiger partial charge in [-0.2, -0.15) is 0 Å². The Hall–Kier alpha value is -4.02. The number of nitrogens with zero attached hydrogens (tertiary/aromatic N) is 1. The summed E-state index contributed by atoms with van der Waals surface area (Å²) in [4.78, 5) is 44.5. The van der Waals surface area contributed by atoms with Crippen LogP contribution in [0.15, 0.2) is 78.9 Å². The highest BCUT2D eigenvalue weighted by Crippen LogP contribution is 2.69. The van der Waals surface area contributed by atoms with E-state index in [1.807, 2.05) is 37.3 Å². The van der Waals surface area contributed by atoms with E-state index in [2.05, 4.69) is 17.6 Å². The minimum absolute atomic E-state index is 0.0206. The van der Waals surface area contributed by atoms with Crippen LogP contribution in [0, 0.1) is 17.8 Å². The summed E-state index contributed by atoms with van der Waals surface area (Å²) in [6.45, 7) is 4.15. The largest absolute Gasteiger partial charge is 0.497 e. The number of fused-ring (bicyclic) bond motifs is 1. The lowest BCUT2D eigenvalue weighted by atomic mass is 9.66. The van der Waals surface area contributed by atoms with Crippen LogP contribution in [0.3, 0.4) is 0 Å². The number of nitrogens with one attached hydrogen (secondary N) is 2. The van der Waals surface area contributed by atoms with Gasteiger partial charge in [0.1, 0.15) is 17.5 Å². The fourth-order valence-corrected chi connectivity index (χ4v) is 9.74. The summed E-state index contributed by atoms with van der Waals surface area (Å²) < 4.78 is 9.94. The van der Waals surface area contributed by atoms with Gasteiger partial charge < -0.3 is 30.1 Å². The number of likely N-dealkylation sites (tertiary alicyclic amines) is 1. The predicted octanol–water partition coefficient (Wildman–Crippen LogP) is 4.74. The molecule has 0 aromatic heterocycles. The second-order valence-electron chi connectivity index (χ2n) is 11.6. The number of aliphatic hydroxyl groups excluding tert-OH is 1. The Morgan fingerprint density at radius 3 is 2.18 bits per heavy atom. The molecule has 10 heteroatoms. The fraction of sp³-hybridized carbons (Fsp3) is 0.382. The van der Waals surface area contributed by atoms with E-state index < -0.39 is 28.7 Å². The third-order valence-electron chi connectivity index (χ3n) is 9.22. The number of aliphatic hydroxyl groups is 1. The second kappa shape index (κ2) is 12.2. The predicted molar refractivity (Wildman–Crippen MR) is 170 cm³/mol. The minimum atomic E-state index is -0.910. The molecule has 3 aliphatic heterocycles. The van der Waals surface area contributed by atoms with Gasteiger partial charge >= 0.3 is 0 Å². The maximum atomic E-state index is 14.6. The smallest absolute Gasteiger partial charge is 0.248 e. The van der Waals surface area contributed by atoms with Crippen LogP contribution < -0.4 is 20.1 Å². The molecule has 3 amide bonds. The van der Waals surface area contributed by atoms with Gasteiger partial charge in [-0.15, -0.1) is 11.8 Å². The van der Waals surface area contributed by atoms with Crippen molar-refractivity contribution < 1.29 is 29.0 Å². The zero-order chi connectivity index (χ0) is 31.0. The lowest BCUT2D eigenvalue weighted by molar-refractivity contribution is -0.141. The van der Waals surface area contributed by atoms with Crippen molar-refractivity contribution in [1.82, 2.24) is 4.90 Å². The van der Waals surface area contributed by atoms with Crippen LogP contribution in [0.1, 0.15) is 31.9 Å². The summed E-state index contributed by atoms with van der Waals surface area (Å²) in [5.41, 5.74) is 1.91. The summed E-state index contributed by atoms with van der Waals surface area (Å²) in [5.74, 6) is -0.882. The van der Waals surface area contributed by atoms with Gasteiger partial charge in [0.2, 0.25) is 17.7 Å². The summed E-state index contributed by atoms with van der Waals surface area (Å²) in [7, 11) is 1.57. The van der Waals surface area contributed by atoms with Gasteiger partial charge in [-0.05, 0) is 73.4 Å². The molecular formula is C34H37N3O6S. The highest BCUT2D eigenvalue weighted by atomic mass is 32.2. The lowest BCUT2D eigenvalue weighted by Gasteiger charge is -2.40. The topological polar surface area (TPSA) is 117 Å². The molecule has 3 heterocycles. The van der Waals surface area contributed by atoms with Gasteiger partial charge in [-0.25, -0.2) is 0 Å². The average molecular weight is 616 g/mol. The molecule has 0 saturated carbocycles. The van der Waals surface area contributed by atoms with Crippen LogP contribution in [0.25, 0.3) is 0 Å². The van der Waals surface area contributed by atoms with Crippen LogP contribution in [-0.2, 0) is 14.4 Å². The Kier molecular flexibility index (Phi) is 8.30. The highest BCUT2D eigenvalue weighted by Gasteiger charge is 2.76. The van der Waals surface area contributed by atoms with Crippen LogP contribution in [0.2, 0.25) is 0 Å². The molecule has 1 spiro atoms. The van der Waals surface area contributed by atoms with E-state index in [-0.39, 0.29) is 35.5 Å². The van der Waals surface area contributed by atoms with Crippen LogP contribution in [-0.4, -0.2) is 64.1 Å². The fourth-order valence-electron chi connectivity index (χ4n) is 7.34. The van der Waals surface area contributed by atoms with Crippen molar-refractivity contribution in [2.24, 2.45) is 17.8 Å². The molecule has 0 radical (unpaired) electrons. The molecular weight excluding hydrogens is 578 g/mol. The average Bonchev–Trinajstić information content (AvgIpc) is 3.63. The molecule has 3 aromatic carbocycles. The summed E-state index contributed by atoms with van der Waals surface area (Å²) in [5, 5.41) is 16.6. The van der Waals surface area contributed by atoms with Crippen molar-refractivity contribution in [3.63, 3.8) is 0 Å². The number of amides is 3. The first-order valence-electron chi connectivity index (χ1n) is 15.0. The third kappa shape index (κ3) is 4.99. The number of hydrogen-bond donors (Lipinski definition) is 3. The molecule has 0 aliphatic carbocycles. The van der Waals surface area contributed by atoms with Crippen molar-refractivity contribution in [2.75, 3.05) is 31.0 Å². The van der Waals surface area contributed by atoms with Gasteiger partial charge in [0, 0.05) is 16.6 Å².